The number of rotatable bonds is 4. The Morgan fingerprint density at radius 1 is 0.667 bits per heavy atom. The van der Waals surface area contributed by atoms with Gasteiger partial charge in [0.15, 0.2) is 0 Å². The van der Waals surface area contributed by atoms with E-state index in [1.807, 2.05) is 60.7 Å². The normalized spacial score (nSPS) is 12.7. The fourth-order valence-corrected chi connectivity index (χ4v) is 2.74. The largest absolute Gasteiger partial charge is 0.172 e. The van der Waals surface area contributed by atoms with E-state index in [9.17, 15) is 0 Å². The molecule has 4 rings (SSSR count). The maximum Gasteiger partial charge on any atom is 0.115 e. The van der Waals surface area contributed by atoms with Crippen LogP contribution in [0.15, 0.2) is 91.0 Å². The summed E-state index contributed by atoms with van der Waals surface area (Å²) in [5.74, 6) is 0. The van der Waals surface area contributed by atoms with Gasteiger partial charge in [0.2, 0.25) is 0 Å². The first-order valence-electron chi connectivity index (χ1n) is 8.00. The SMILES string of the molecule is C(=C\C(c1ccccc1)n1nc2ccccc2n1)/c1ccccc1. The van der Waals surface area contributed by atoms with Crippen LogP contribution in [0.4, 0.5) is 0 Å². The van der Waals surface area contributed by atoms with Crippen LogP contribution in [0.5, 0.6) is 0 Å². The van der Waals surface area contributed by atoms with Gasteiger partial charge in [0.05, 0.1) is 0 Å². The van der Waals surface area contributed by atoms with E-state index in [4.69, 9.17) is 0 Å². The second-order valence-corrected chi connectivity index (χ2v) is 5.63. The van der Waals surface area contributed by atoms with Crippen LogP contribution in [0, 0.1) is 0 Å². The van der Waals surface area contributed by atoms with Crippen molar-refractivity contribution < 1.29 is 0 Å². The van der Waals surface area contributed by atoms with Crippen LogP contribution < -0.4 is 0 Å². The highest BCUT2D eigenvalue weighted by atomic mass is 15.5. The number of hydrogen-bond donors (Lipinski definition) is 0. The Hall–Kier alpha value is -3.20. The van der Waals surface area contributed by atoms with Crippen molar-refractivity contribution in [2.75, 3.05) is 0 Å². The fraction of sp³-hybridized carbons (Fsp3) is 0.0476. The van der Waals surface area contributed by atoms with E-state index in [-0.39, 0.29) is 6.04 Å². The second-order valence-electron chi connectivity index (χ2n) is 5.63. The van der Waals surface area contributed by atoms with Gasteiger partial charge in [-0.15, -0.1) is 0 Å². The summed E-state index contributed by atoms with van der Waals surface area (Å²) in [5.41, 5.74) is 4.14. The number of nitrogens with zero attached hydrogens (tertiary/aromatic N) is 3. The Labute approximate surface area is 140 Å². The summed E-state index contributed by atoms with van der Waals surface area (Å²) in [5, 5.41) is 9.31. The van der Waals surface area contributed by atoms with Crippen molar-refractivity contribution in [2.24, 2.45) is 0 Å². The lowest BCUT2D eigenvalue weighted by molar-refractivity contribution is 0.540. The molecule has 1 atom stereocenters. The quantitative estimate of drug-likeness (QED) is 0.545. The van der Waals surface area contributed by atoms with Crippen LogP contribution in [0.25, 0.3) is 17.1 Å². The monoisotopic (exact) mass is 311 g/mol. The van der Waals surface area contributed by atoms with Crippen LogP contribution in [0.1, 0.15) is 17.2 Å². The van der Waals surface area contributed by atoms with Crippen molar-refractivity contribution in [1.29, 1.82) is 0 Å². The molecule has 0 fully saturated rings. The molecular weight excluding hydrogens is 294 g/mol. The molecule has 24 heavy (non-hydrogen) atoms. The molecule has 4 aromatic rings. The molecular formula is C21H17N3. The molecule has 1 unspecified atom stereocenters. The molecule has 0 bridgehead atoms. The summed E-state index contributed by atoms with van der Waals surface area (Å²) in [6, 6.07) is 28.5. The lowest BCUT2D eigenvalue weighted by Crippen LogP contribution is -2.11. The molecule has 0 radical (unpaired) electrons. The summed E-state index contributed by atoms with van der Waals surface area (Å²) in [6.07, 6.45) is 4.26. The third-order valence-electron chi connectivity index (χ3n) is 3.96. The second kappa shape index (κ2) is 6.50. The van der Waals surface area contributed by atoms with Gasteiger partial charge in [0.25, 0.3) is 0 Å². The first kappa shape index (κ1) is 14.4. The van der Waals surface area contributed by atoms with Crippen molar-refractivity contribution in [3.05, 3.63) is 102 Å². The zero-order valence-electron chi connectivity index (χ0n) is 13.2. The summed E-state index contributed by atoms with van der Waals surface area (Å²) in [4.78, 5) is 1.79. The van der Waals surface area contributed by atoms with Crippen molar-refractivity contribution in [3.8, 4) is 0 Å². The van der Waals surface area contributed by atoms with E-state index in [0.29, 0.717) is 0 Å². The Bertz CT molecular complexity index is 923. The average molecular weight is 311 g/mol. The number of benzene rings is 3. The van der Waals surface area contributed by atoms with E-state index in [2.05, 4.69) is 46.6 Å². The van der Waals surface area contributed by atoms with Gasteiger partial charge in [-0.2, -0.15) is 15.0 Å². The number of fused-ring (bicyclic) bond motifs is 1. The predicted molar refractivity (Wildman–Crippen MR) is 97.6 cm³/mol. The Morgan fingerprint density at radius 2 is 1.21 bits per heavy atom. The number of aromatic nitrogens is 3. The molecule has 0 aliphatic rings. The molecule has 1 aromatic heterocycles. The minimum Gasteiger partial charge on any atom is -0.172 e. The molecule has 1 heterocycles. The third-order valence-corrected chi connectivity index (χ3v) is 3.96. The van der Waals surface area contributed by atoms with E-state index in [1.165, 1.54) is 0 Å². The Morgan fingerprint density at radius 3 is 1.83 bits per heavy atom. The fourth-order valence-electron chi connectivity index (χ4n) is 2.74. The summed E-state index contributed by atoms with van der Waals surface area (Å²) in [7, 11) is 0. The number of allylic oxidation sites excluding steroid dienone is 1. The minimum absolute atomic E-state index is 0.0428. The van der Waals surface area contributed by atoms with E-state index in [1.54, 1.807) is 4.80 Å². The zero-order chi connectivity index (χ0) is 16.2. The van der Waals surface area contributed by atoms with Gasteiger partial charge in [-0.25, -0.2) is 0 Å². The van der Waals surface area contributed by atoms with Crippen molar-refractivity contribution >= 4 is 17.1 Å². The van der Waals surface area contributed by atoms with Crippen LogP contribution in [0.3, 0.4) is 0 Å². The third kappa shape index (κ3) is 2.97. The van der Waals surface area contributed by atoms with Crippen LogP contribution in [0.2, 0.25) is 0 Å². The molecule has 3 heteroatoms. The van der Waals surface area contributed by atoms with Crippen molar-refractivity contribution in [1.82, 2.24) is 15.0 Å². The molecule has 0 spiro atoms. The van der Waals surface area contributed by atoms with Crippen LogP contribution >= 0.6 is 0 Å². The molecule has 116 valence electrons. The average Bonchev–Trinajstić information content (AvgIpc) is 3.07. The molecule has 0 aliphatic carbocycles. The van der Waals surface area contributed by atoms with Gasteiger partial charge in [-0.05, 0) is 23.3 Å². The Balaban J connectivity index is 1.77. The van der Waals surface area contributed by atoms with Gasteiger partial charge in [0.1, 0.15) is 17.1 Å². The van der Waals surface area contributed by atoms with Crippen molar-refractivity contribution in [3.63, 3.8) is 0 Å². The van der Waals surface area contributed by atoms with Gasteiger partial charge < -0.3 is 0 Å². The first-order chi connectivity index (χ1) is 11.9. The maximum atomic E-state index is 4.66. The van der Waals surface area contributed by atoms with Gasteiger partial charge >= 0.3 is 0 Å². The topological polar surface area (TPSA) is 30.7 Å². The van der Waals surface area contributed by atoms with Crippen molar-refractivity contribution in [2.45, 2.75) is 6.04 Å². The van der Waals surface area contributed by atoms with Crippen LogP contribution in [-0.4, -0.2) is 15.0 Å². The molecule has 0 N–H and O–H groups in total. The van der Waals surface area contributed by atoms with Gasteiger partial charge in [-0.3, -0.25) is 0 Å². The maximum absolute atomic E-state index is 4.66. The molecule has 3 nitrogen and oxygen atoms in total. The lowest BCUT2D eigenvalue weighted by atomic mass is 10.1. The van der Waals surface area contributed by atoms with Gasteiger partial charge in [0, 0.05) is 0 Å². The highest BCUT2D eigenvalue weighted by Gasteiger charge is 2.13. The first-order valence-corrected chi connectivity index (χ1v) is 8.00. The smallest absolute Gasteiger partial charge is 0.115 e. The molecule has 0 saturated carbocycles. The summed E-state index contributed by atoms with van der Waals surface area (Å²) >= 11 is 0. The zero-order valence-corrected chi connectivity index (χ0v) is 13.2. The number of hydrogen-bond acceptors (Lipinski definition) is 2. The molecule has 3 aromatic carbocycles. The highest BCUT2D eigenvalue weighted by Crippen LogP contribution is 2.21. The van der Waals surface area contributed by atoms with Gasteiger partial charge in [-0.1, -0.05) is 84.9 Å². The van der Waals surface area contributed by atoms with E-state index in [0.717, 1.165) is 22.2 Å². The molecule has 0 saturated heterocycles. The molecule has 0 amide bonds. The Kier molecular flexibility index (Phi) is 3.90. The van der Waals surface area contributed by atoms with E-state index >= 15 is 0 Å². The minimum atomic E-state index is -0.0428. The summed E-state index contributed by atoms with van der Waals surface area (Å²) in [6.45, 7) is 0. The predicted octanol–water partition coefficient (Wildman–Crippen LogP) is 4.73. The standard InChI is InChI=1S/C21H17N3/c1-3-9-17(10-4-1)15-16-21(18-11-5-2-6-12-18)24-22-19-13-7-8-14-20(19)23-24/h1-16,21H/b16-15+. The summed E-state index contributed by atoms with van der Waals surface area (Å²) < 4.78 is 0. The lowest BCUT2D eigenvalue weighted by Gasteiger charge is -2.12. The molecule has 0 aliphatic heterocycles. The highest BCUT2D eigenvalue weighted by molar-refractivity contribution is 5.73. The van der Waals surface area contributed by atoms with E-state index < -0.39 is 0 Å². The van der Waals surface area contributed by atoms with Crippen LogP contribution in [-0.2, 0) is 0 Å².